The summed E-state index contributed by atoms with van der Waals surface area (Å²) in [6.07, 6.45) is 10.7. The maximum atomic E-state index is 12.3. The first-order valence-electron chi connectivity index (χ1n) is 9.49. The molecule has 0 aromatic heterocycles. The maximum Gasteiger partial charge on any atom is 0.224 e. The molecule has 0 saturated heterocycles. The Labute approximate surface area is 159 Å². The van der Waals surface area contributed by atoms with Crippen LogP contribution in [-0.2, 0) is 11.2 Å². The molecule has 0 heterocycles. The Hall–Kier alpha value is -2.35. The number of allylic oxidation sites excluding steroid dienone is 5. The molecule has 1 aromatic rings. The first-order valence-corrected chi connectivity index (χ1v) is 9.49. The minimum absolute atomic E-state index is 0.0630. The average molecular weight is 352 g/mol. The van der Waals surface area contributed by atoms with Gasteiger partial charge in [0, 0.05) is 12.5 Å². The standard InChI is InChI=1S/C24H33NO/c1-6-21(7-2)22(8-3)15-12-16-24(26)25-23(19(4)5)18-17-20-13-10-9-11-14-20/h6,8-15,19,23H,1,3,7,16-18H2,2,4-5H3,(H,25,26). The van der Waals surface area contributed by atoms with Crippen molar-refractivity contribution >= 4 is 5.91 Å². The van der Waals surface area contributed by atoms with Gasteiger partial charge in [-0.1, -0.05) is 88.6 Å². The first kappa shape index (κ1) is 21.7. The second kappa shape index (κ2) is 12.1. The largest absolute Gasteiger partial charge is 0.353 e. The summed E-state index contributed by atoms with van der Waals surface area (Å²) in [4.78, 5) is 12.3. The van der Waals surface area contributed by atoms with Crippen molar-refractivity contribution in [3.8, 4) is 0 Å². The minimum Gasteiger partial charge on any atom is -0.353 e. The number of carbonyl (C=O) groups excluding carboxylic acids is 1. The van der Waals surface area contributed by atoms with Crippen LogP contribution in [0.3, 0.4) is 0 Å². The summed E-state index contributed by atoms with van der Waals surface area (Å²) < 4.78 is 0. The smallest absolute Gasteiger partial charge is 0.224 e. The van der Waals surface area contributed by atoms with Crippen LogP contribution in [0, 0.1) is 5.92 Å². The van der Waals surface area contributed by atoms with E-state index in [1.54, 1.807) is 0 Å². The lowest BCUT2D eigenvalue weighted by molar-refractivity contribution is -0.121. The predicted octanol–water partition coefficient (Wildman–Crippen LogP) is 5.78. The molecule has 1 rings (SSSR count). The fourth-order valence-corrected chi connectivity index (χ4v) is 2.87. The molecule has 1 amide bonds. The van der Waals surface area contributed by atoms with E-state index >= 15 is 0 Å². The molecule has 0 radical (unpaired) electrons. The van der Waals surface area contributed by atoms with Crippen molar-refractivity contribution in [2.24, 2.45) is 5.92 Å². The SMILES string of the molecule is C=CC(C=CCC(=O)NC(CCc1ccccc1)C(C)C)=C(C=C)CC. The highest BCUT2D eigenvalue weighted by Crippen LogP contribution is 2.14. The second-order valence-electron chi connectivity index (χ2n) is 6.79. The van der Waals surface area contributed by atoms with E-state index in [1.807, 2.05) is 30.4 Å². The lowest BCUT2D eigenvalue weighted by Gasteiger charge is -2.22. The molecule has 0 spiro atoms. The van der Waals surface area contributed by atoms with E-state index in [4.69, 9.17) is 0 Å². The summed E-state index contributed by atoms with van der Waals surface area (Å²) in [7, 11) is 0. The molecule has 2 heteroatoms. The van der Waals surface area contributed by atoms with Crippen LogP contribution in [0.15, 0.2) is 78.9 Å². The second-order valence-corrected chi connectivity index (χ2v) is 6.79. The molecule has 1 atom stereocenters. The summed E-state index contributed by atoms with van der Waals surface area (Å²) in [5.41, 5.74) is 3.48. The van der Waals surface area contributed by atoms with Gasteiger partial charge in [-0.25, -0.2) is 0 Å². The van der Waals surface area contributed by atoms with E-state index in [9.17, 15) is 4.79 Å². The lowest BCUT2D eigenvalue weighted by Crippen LogP contribution is -2.38. The molecule has 0 fully saturated rings. The number of hydrogen-bond acceptors (Lipinski definition) is 1. The van der Waals surface area contributed by atoms with Gasteiger partial charge in [-0.15, -0.1) is 0 Å². The van der Waals surface area contributed by atoms with Crippen molar-refractivity contribution in [3.05, 3.63) is 84.5 Å². The molecule has 1 unspecified atom stereocenters. The third-order valence-corrected chi connectivity index (χ3v) is 4.56. The predicted molar refractivity (Wildman–Crippen MR) is 113 cm³/mol. The van der Waals surface area contributed by atoms with Crippen LogP contribution in [-0.4, -0.2) is 11.9 Å². The molecular weight excluding hydrogens is 318 g/mol. The van der Waals surface area contributed by atoms with Gasteiger partial charge >= 0.3 is 0 Å². The van der Waals surface area contributed by atoms with Crippen LogP contribution in [0.5, 0.6) is 0 Å². The number of rotatable bonds is 11. The Kier molecular flexibility index (Phi) is 10.1. The van der Waals surface area contributed by atoms with E-state index < -0.39 is 0 Å². The molecule has 0 bridgehead atoms. The van der Waals surface area contributed by atoms with Crippen LogP contribution >= 0.6 is 0 Å². The zero-order valence-electron chi connectivity index (χ0n) is 16.5. The van der Waals surface area contributed by atoms with Crippen molar-refractivity contribution in [2.75, 3.05) is 0 Å². The Morgan fingerprint density at radius 3 is 2.38 bits per heavy atom. The van der Waals surface area contributed by atoms with Gasteiger partial charge in [-0.2, -0.15) is 0 Å². The fraction of sp³-hybridized carbons (Fsp3) is 0.375. The molecule has 0 aliphatic carbocycles. The molecule has 0 aliphatic rings. The molecular formula is C24H33NO. The van der Waals surface area contributed by atoms with Crippen LogP contribution in [0.2, 0.25) is 0 Å². The van der Waals surface area contributed by atoms with E-state index in [0.717, 1.165) is 30.4 Å². The summed E-state index contributed by atoms with van der Waals surface area (Å²) >= 11 is 0. The van der Waals surface area contributed by atoms with E-state index in [0.29, 0.717) is 12.3 Å². The molecule has 1 N–H and O–H groups in total. The van der Waals surface area contributed by atoms with Gasteiger partial charge in [0.1, 0.15) is 0 Å². The molecule has 1 aromatic carbocycles. The van der Waals surface area contributed by atoms with Crippen molar-refractivity contribution in [3.63, 3.8) is 0 Å². The average Bonchev–Trinajstić information content (AvgIpc) is 2.65. The van der Waals surface area contributed by atoms with Crippen molar-refractivity contribution < 1.29 is 4.79 Å². The monoisotopic (exact) mass is 351 g/mol. The Morgan fingerprint density at radius 1 is 1.15 bits per heavy atom. The number of amides is 1. The van der Waals surface area contributed by atoms with Crippen LogP contribution in [0.1, 0.15) is 45.6 Å². The number of benzene rings is 1. The highest BCUT2D eigenvalue weighted by Gasteiger charge is 2.15. The molecule has 140 valence electrons. The highest BCUT2D eigenvalue weighted by atomic mass is 16.1. The van der Waals surface area contributed by atoms with Crippen molar-refractivity contribution in [2.45, 2.75) is 52.5 Å². The molecule has 0 saturated carbocycles. The van der Waals surface area contributed by atoms with Gasteiger partial charge in [-0.05, 0) is 41.9 Å². The van der Waals surface area contributed by atoms with Crippen molar-refractivity contribution in [1.29, 1.82) is 0 Å². The zero-order valence-corrected chi connectivity index (χ0v) is 16.5. The van der Waals surface area contributed by atoms with Gasteiger partial charge in [0.25, 0.3) is 0 Å². The van der Waals surface area contributed by atoms with Crippen LogP contribution in [0.25, 0.3) is 0 Å². The number of aryl methyl sites for hydroxylation is 1. The van der Waals surface area contributed by atoms with E-state index in [2.05, 4.69) is 63.5 Å². The lowest BCUT2D eigenvalue weighted by atomic mass is 9.96. The Morgan fingerprint density at radius 2 is 1.85 bits per heavy atom. The van der Waals surface area contributed by atoms with Gasteiger partial charge < -0.3 is 5.32 Å². The number of carbonyl (C=O) groups is 1. The molecule has 26 heavy (non-hydrogen) atoms. The Balaban J connectivity index is 2.59. The van der Waals surface area contributed by atoms with E-state index in [-0.39, 0.29) is 11.9 Å². The topological polar surface area (TPSA) is 29.1 Å². The molecule has 2 nitrogen and oxygen atoms in total. The fourth-order valence-electron chi connectivity index (χ4n) is 2.87. The number of hydrogen-bond donors (Lipinski definition) is 1. The van der Waals surface area contributed by atoms with Gasteiger partial charge in [0.2, 0.25) is 5.91 Å². The normalized spacial score (nSPS) is 13.4. The van der Waals surface area contributed by atoms with Gasteiger partial charge in [0.15, 0.2) is 0 Å². The first-order chi connectivity index (χ1) is 12.5. The Bertz CT molecular complexity index is 637. The quantitative estimate of drug-likeness (QED) is 0.503. The zero-order chi connectivity index (χ0) is 19.4. The number of nitrogens with one attached hydrogen (secondary N) is 1. The van der Waals surface area contributed by atoms with Crippen LogP contribution < -0.4 is 5.32 Å². The third-order valence-electron chi connectivity index (χ3n) is 4.56. The van der Waals surface area contributed by atoms with Crippen LogP contribution in [0.4, 0.5) is 0 Å². The van der Waals surface area contributed by atoms with Gasteiger partial charge in [0.05, 0.1) is 0 Å². The minimum atomic E-state index is 0.0630. The molecule has 0 aliphatic heterocycles. The summed E-state index contributed by atoms with van der Waals surface area (Å²) in [6.45, 7) is 14.1. The summed E-state index contributed by atoms with van der Waals surface area (Å²) in [5, 5.41) is 3.18. The maximum absolute atomic E-state index is 12.3. The van der Waals surface area contributed by atoms with E-state index in [1.165, 1.54) is 5.56 Å². The highest BCUT2D eigenvalue weighted by molar-refractivity contribution is 5.77. The van der Waals surface area contributed by atoms with Crippen molar-refractivity contribution in [1.82, 2.24) is 5.32 Å². The summed E-state index contributed by atoms with van der Waals surface area (Å²) in [6, 6.07) is 10.6. The third kappa shape index (κ3) is 7.69. The van der Waals surface area contributed by atoms with Gasteiger partial charge in [-0.3, -0.25) is 4.79 Å². The summed E-state index contributed by atoms with van der Waals surface area (Å²) in [5.74, 6) is 0.468.